The number of nitrogens with zero attached hydrogens (tertiary/aromatic N) is 1. The lowest BCUT2D eigenvalue weighted by atomic mass is 10.2. The lowest BCUT2D eigenvalue weighted by Crippen LogP contribution is -2.50. The van der Waals surface area contributed by atoms with Crippen LogP contribution in [0.2, 0.25) is 4.34 Å². The molecule has 2 heterocycles. The molecule has 1 aromatic carbocycles. The molecular weight excluding hydrogens is 576 g/mol. The first kappa shape index (κ1) is 29.9. The molecule has 212 valence electrons. The standard InChI is InChI=1S/C22H21ClF4N4O7S/c23-16-4-3-15(39-16)20(34)28-8-13(30-22(35)37-9-17(24)25)19(33)29-12-2-1-11(7-14(12)38-21(26)27)31-5-6-36-10-18(31)32/h1-4,7,13,17,21H,5-6,8-10H2,(H,28,34)(H,29,33)(H,30,35)/t13-/m1/s1. The minimum absolute atomic E-state index is 0.153. The maximum atomic E-state index is 13.1. The molecule has 39 heavy (non-hydrogen) atoms. The van der Waals surface area contributed by atoms with Gasteiger partial charge in [0.05, 0.1) is 21.5 Å². The molecule has 0 saturated carbocycles. The van der Waals surface area contributed by atoms with Gasteiger partial charge in [0.2, 0.25) is 5.91 Å². The van der Waals surface area contributed by atoms with Crippen molar-refractivity contribution in [2.45, 2.75) is 19.1 Å². The quantitative estimate of drug-likeness (QED) is 0.339. The van der Waals surface area contributed by atoms with Gasteiger partial charge in [-0.05, 0) is 24.3 Å². The molecule has 1 saturated heterocycles. The fraction of sp³-hybridized carbons (Fsp3) is 0.364. The summed E-state index contributed by atoms with van der Waals surface area (Å²) >= 11 is 6.74. The SMILES string of the molecule is O=C(N[C@H](CNC(=O)c1ccc(Cl)s1)C(=O)Nc1ccc(N2CCOCC2=O)cc1OC(F)F)OCC(F)F. The summed E-state index contributed by atoms with van der Waals surface area (Å²) in [5.74, 6) is -2.63. The zero-order valence-electron chi connectivity index (χ0n) is 19.8. The van der Waals surface area contributed by atoms with E-state index in [9.17, 15) is 36.7 Å². The van der Waals surface area contributed by atoms with Crippen molar-refractivity contribution in [3.63, 3.8) is 0 Å². The second-order valence-corrected chi connectivity index (χ2v) is 9.36. The van der Waals surface area contributed by atoms with Crippen molar-refractivity contribution < 1.29 is 51.0 Å². The van der Waals surface area contributed by atoms with Crippen LogP contribution >= 0.6 is 22.9 Å². The Morgan fingerprint density at radius 3 is 2.56 bits per heavy atom. The van der Waals surface area contributed by atoms with E-state index in [0.29, 0.717) is 4.34 Å². The largest absolute Gasteiger partial charge is 0.443 e. The van der Waals surface area contributed by atoms with Gasteiger partial charge < -0.3 is 35.1 Å². The Morgan fingerprint density at radius 1 is 1.15 bits per heavy atom. The van der Waals surface area contributed by atoms with Gasteiger partial charge in [-0.2, -0.15) is 8.78 Å². The number of alkyl halides is 4. The summed E-state index contributed by atoms with van der Waals surface area (Å²) in [4.78, 5) is 50.9. The molecule has 0 aliphatic carbocycles. The van der Waals surface area contributed by atoms with E-state index in [1.807, 2.05) is 5.32 Å². The Kier molecular flexibility index (Phi) is 10.7. The topological polar surface area (TPSA) is 135 Å². The van der Waals surface area contributed by atoms with Crippen molar-refractivity contribution in [1.29, 1.82) is 0 Å². The van der Waals surface area contributed by atoms with Crippen LogP contribution in [-0.2, 0) is 19.1 Å². The minimum Gasteiger partial charge on any atom is -0.443 e. The first-order valence-electron chi connectivity index (χ1n) is 11.1. The first-order valence-corrected chi connectivity index (χ1v) is 12.3. The Hall–Kier alpha value is -3.63. The lowest BCUT2D eigenvalue weighted by molar-refractivity contribution is -0.125. The van der Waals surface area contributed by atoms with Gasteiger partial charge in [-0.25, -0.2) is 13.6 Å². The molecule has 2 aromatic rings. The van der Waals surface area contributed by atoms with Gasteiger partial charge >= 0.3 is 12.7 Å². The average Bonchev–Trinajstić information content (AvgIpc) is 3.32. The molecular formula is C22H21ClF4N4O7S. The molecule has 17 heteroatoms. The third-order valence-electron chi connectivity index (χ3n) is 4.95. The van der Waals surface area contributed by atoms with E-state index in [1.165, 1.54) is 29.2 Å². The summed E-state index contributed by atoms with van der Waals surface area (Å²) < 4.78 is 65.2. The van der Waals surface area contributed by atoms with Crippen molar-refractivity contribution in [3.05, 3.63) is 39.5 Å². The zero-order valence-corrected chi connectivity index (χ0v) is 21.3. The van der Waals surface area contributed by atoms with E-state index in [2.05, 4.69) is 20.1 Å². The number of hydrogen-bond donors (Lipinski definition) is 3. The van der Waals surface area contributed by atoms with E-state index in [1.54, 1.807) is 0 Å². The molecule has 0 bridgehead atoms. The van der Waals surface area contributed by atoms with E-state index in [4.69, 9.17) is 16.3 Å². The number of benzene rings is 1. The molecule has 1 fully saturated rings. The molecule has 3 rings (SSSR count). The lowest BCUT2D eigenvalue weighted by Gasteiger charge is -2.27. The van der Waals surface area contributed by atoms with Crippen LogP contribution in [0.1, 0.15) is 9.67 Å². The maximum Gasteiger partial charge on any atom is 0.408 e. The predicted molar refractivity (Wildman–Crippen MR) is 131 cm³/mol. The van der Waals surface area contributed by atoms with Crippen molar-refractivity contribution in [3.8, 4) is 5.75 Å². The number of morpholine rings is 1. The molecule has 3 N–H and O–H groups in total. The van der Waals surface area contributed by atoms with E-state index < -0.39 is 61.8 Å². The number of hydrogen-bond acceptors (Lipinski definition) is 8. The Morgan fingerprint density at radius 2 is 1.92 bits per heavy atom. The molecule has 11 nitrogen and oxygen atoms in total. The number of carbonyl (C=O) groups is 4. The molecule has 1 atom stereocenters. The summed E-state index contributed by atoms with van der Waals surface area (Å²) in [7, 11) is 0. The van der Waals surface area contributed by atoms with Gasteiger partial charge in [0.15, 0.2) is 12.4 Å². The van der Waals surface area contributed by atoms with Crippen LogP contribution in [0, 0.1) is 0 Å². The predicted octanol–water partition coefficient (Wildman–Crippen LogP) is 3.09. The highest BCUT2D eigenvalue weighted by molar-refractivity contribution is 7.18. The molecule has 0 spiro atoms. The number of alkyl carbamates (subject to hydrolysis) is 1. The number of carbonyl (C=O) groups excluding carboxylic acids is 4. The molecule has 0 radical (unpaired) electrons. The fourth-order valence-electron chi connectivity index (χ4n) is 3.24. The van der Waals surface area contributed by atoms with Gasteiger partial charge in [-0.1, -0.05) is 11.6 Å². The van der Waals surface area contributed by atoms with Crippen LogP contribution in [-0.4, -0.2) is 75.8 Å². The highest BCUT2D eigenvalue weighted by atomic mass is 35.5. The van der Waals surface area contributed by atoms with Gasteiger partial charge in [-0.3, -0.25) is 14.4 Å². The second-order valence-electron chi connectivity index (χ2n) is 7.65. The Balaban J connectivity index is 1.78. The number of halogens is 5. The average molecular weight is 597 g/mol. The monoisotopic (exact) mass is 596 g/mol. The zero-order chi connectivity index (χ0) is 28.5. The van der Waals surface area contributed by atoms with Crippen molar-refractivity contribution >= 4 is 58.1 Å². The summed E-state index contributed by atoms with van der Waals surface area (Å²) in [6.45, 7) is -4.94. The third kappa shape index (κ3) is 8.97. The van der Waals surface area contributed by atoms with Gasteiger partial charge in [0, 0.05) is 24.8 Å². The molecule has 1 aliphatic rings. The summed E-state index contributed by atoms with van der Waals surface area (Å²) in [5.41, 5.74) is -0.0713. The minimum atomic E-state index is -3.30. The van der Waals surface area contributed by atoms with Crippen LogP contribution < -0.4 is 25.6 Å². The van der Waals surface area contributed by atoms with E-state index in [-0.39, 0.29) is 36.0 Å². The molecule has 1 aliphatic heterocycles. The van der Waals surface area contributed by atoms with Gasteiger partial charge in [-0.15, -0.1) is 11.3 Å². The number of nitrogens with one attached hydrogen (secondary N) is 3. The number of ether oxygens (including phenoxy) is 3. The maximum absolute atomic E-state index is 13.1. The smallest absolute Gasteiger partial charge is 0.408 e. The number of amides is 4. The molecule has 0 unspecified atom stereocenters. The van der Waals surface area contributed by atoms with E-state index >= 15 is 0 Å². The van der Waals surface area contributed by atoms with Crippen molar-refractivity contribution in [2.75, 3.05) is 43.1 Å². The van der Waals surface area contributed by atoms with Crippen molar-refractivity contribution in [2.24, 2.45) is 0 Å². The van der Waals surface area contributed by atoms with Gasteiger partial charge in [0.1, 0.15) is 12.6 Å². The highest BCUT2D eigenvalue weighted by Crippen LogP contribution is 2.32. The van der Waals surface area contributed by atoms with Crippen LogP contribution in [0.25, 0.3) is 0 Å². The van der Waals surface area contributed by atoms with Crippen LogP contribution in [0.3, 0.4) is 0 Å². The Bertz CT molecular complexity index is 1200. The Labute approximate surface area is 227 Å². The van der Waals surface area contributed by atoms with Gasteiger partial charge in [0.25, 0.3) is 18.2 Å². The summed E-state index contributed by atoms with van der Waals surface area (Å²) in [6, 6.07) is 4.92. The highest BCUT2D eigenvalue weighted by Gasteiger charge is 2.26. The van der Waals surface area contributed by atoms with Crippen LogP contribution in [0.5, 0.6) is 5.75 Å². The van der Waals surface area contributed by atoms with Crippen LogP contribution in [0.4, 0.5) is 33.7 Å². The normalized spacial score (nSPS) is 14.2. The number of rotatable bonds is 11. The third-order valence-corrected chi connectivity index (χ3v) is 6.18. The second kappa shape index (κ2) is 14.0. The summed E-state index contributed by atoms with van der Waals surface area (Å²) in [5, 5.41) is 6.69. The molecule has 4 amide bonds. The van der Waals surface area contributed by atoms with Crippen molar-refractivity contribution in [1.82, 2.24) is 10.6 Å². The first-order chi connectivity index (χ1) is 18.5. The number of thiophene rings is 1. The van der Waals surface area contributed by atoms with Crippen LogP contribution in [0.15, 0.2) is 30.3 Å². The number of anilines is 2. The molecule has 1 aromatic heterocycles. The fourth-order valence-corrected chi connectivity index (χ4v) is 4.20. The van der Waals surface area contributed by atoms with E-state index in [0.717, 1.165) is 17.4 Å². The summed E-state index contributed by atoms with van der Waals surface area (Å²) in [6.07, 6.45) is -4.37.